The number of benzene rings is 1. The fourth-order valence-electron chi connectivity index (χ4n) is 1.10. The Morgan fingerprint density at radius 3 is 2.36 bits per heavy atom. The molecular formula is C9H12OSi. The van der Waals surface area contributed by atoms with Gasteiger partial charge in [-0.2, -0.15) is 0 Å². The number of rotatable bonds is 2. The third-order valence-electron chi connectivity index (χ3n) is 1.70. The standard InChI is InChI=1S/C9H12OSi/c1-7(2)8-5-3-4-6-9(8)11-10/h3-7,10H,1-2H3. The molecule has 0 unspecified atom stereocenters. The SMILES string of the molecule is CC(C)c1ccccc1[Si]O. The van der Waals surface area contributed by atoms with Crippen LogP contribution in [0.2, 0.25) is 0 Å². The van der Waals surface area contributed by atoms with Crippen molar-refractivity contribution in [1.29, 1.82) is 0 Å². The van der Waals surface area contributed by atoms with Gasteiger partial charge < -0.3 is 4.80 Å². The van der Waals surface area contributed by atoms with Gasteiger partial charge in [-0.05, 0) is 16.7 Å². The van der Waals surface area contributed by atoms with Crippen LogP contribution in [-0.4, -0.2) is 14.6 Å². The van der Waals surface area contributed by atoms with E-state index in [9.17, 15) is 0 Å². The first kappa shape index (κ1) is 8.49. The van der Waals surface area contributed by atoms with Gasteiger partial charge in [-0.15, -0.1) is 0 Å². The zero-order chi connectivity index (χ0) is 8.27. The Hall–Kier alpha value is -0.603. The lowest BCUT2D eigenvalue weighted by Gasteiger charge is -2.08. The molecule has 1 aromatic carbocycles. The quantitative estimate of drug-likeness (QED) is 0.648. The van der Waals surface area contributed by atoms with Crippen LogP contribution in [0.1, 0.15) is 25.3 Å². The molecule has 58 valence electrons. The Bertz CT molecular complexity index is 233. The van der Waals surface area contributed by atoms with Crippen LogP contribution in [0.5, 0.6) is 0 Å². The van der Waals surface area contributed by atoms with E-state index in [4.69, 9.17) is 4.80 Å². The topological polar surface area (TPSA) is 20.2 Å². The van der Waals surface area contributed by atoms with Crippen molar-refractivity contribution < 1.29 is 4.80 Å². The number of hydrogen-bond acceptors (Lipinski definition) is 1. The van der Waals surface area contributed by atoms with Crippen molar-refractivity contribution in [2.75, 3.05) is 0 Å². The molecule has 0 aromatic heterocycles. The average molecular weight is 164 g/mol. The molecule has 1 rings (SSSR count). The van der Waals surface area contributed by atoms with E-state index in [1.54, 1.807) is 0 Å². The Kier molecular flexibility index (Phi) is 2.85. The van der Waals surface area contributed by atoms with Crippen LogP contribution in [0.15, 0.2) is 24.3 Å². The molecule has 0 aliphatic rings. The Labute approximate surface area is 70.0 Å². The van der Waals surface area contributed by atoms with Gasteiger partial charge in [-0.3, -0.25) is 0 Å². The maximum atomic E-state index is 9.00. The summed E-state index contributed by atoms with van der Waals surface area (Å²) in [4.78, 5) is 9.00. The molecule has 2 radical (unpaired) electrons. The number of hydrogen-bond donors (Lipinski definition) is 1. The van der Waals surface area contributed by atoms with Crippen LogP contribution in [-0.2, 0) is 0 Å². The molecule has 0 aliphatic heterocycles. The van der Waals surface area contributed by atoms with Crippen molar-refractivity contribution in [3.8, 4) is 0 Å². The summed E-state index contributed by atoms with van der Waals surface area (Å²) in [5, 5.41) is 1.07. The first-order valence-electron chi connectivity index (χ1n) is 3.74. The molecule has 0 bridgehead atoms. The molecule has 0 aliphatic carbocycles. The largest absolute Gasteiger partial charge is 0.428 e. The highest BCUT2D eigenvalue weighted by molar-refractivity contribution is 6.46. The van der Waals surface area contributed by atoms with Crippen molar-refractivity contribution in [3.05, 3.63) is 29.8 Å². The second-order valence-corrected chi connectivity index (χ2v) is 3.62. The summed E-state index contributed by atoms with van der Waals surface area (Å²) in [6, 6.07) is 8.03. The molecule has 1 aromatic rings. The van der Waals surface area contributed by atoms with Gasteiger partial charge in [0.05, 0.1) is 0 Å². The van der Waals surface area contributed by atoms with Crippen molar-refractivity contribution in [1.82, 2.24) is 0 Å². The molecule has 0 saturated heterocycles. The van der Waals surface area contributed by atoms with E-state index in [1.807, 2.05) is 18.2 Å². The summed E-state index contributed by atoms with van der Waals surface area (Å²) in [6.07, 6.45) is 0. The summed E-state index contributed by atoms with van der Waals surface area (Å²) >= 11 is 0. The van der Waals surface area contributed by atoms with E-state index >= 15 is 0 Å². The van der Waals surface area contributed by atoms with Gasteiger partial charge in [0, 0.05) is 0 Å². The Morgan fingerprint density at radius 1 is 1.27 bits per heavy atom. The van der Waals surface area contributed by atoms with Gasteiger partial charge in [-0.25, -0.2) is 0 Å². The van der Waals surface area contributed by atoms with Crippen molar-refractivity contribution in [2.24, 2.45) is 0 Å². The predicted molar refractivity (Wildman–Crippen MR) is 48.1 cm³/mol. The van der Waals surface area contributed by atoms with Gasteiger partial charge in [0.25, 0.3) is 9.76 Å². The zero-order valence-corrected chi connectivity index (χ0v) is 7.83. The highest BCUT2D eigenvalue weighted by Gasteiger charge is 2.04. The van der Waals surface area contributed by atoms with Crippen LogP contribution in [0.3, 0.4) is 0 Å². The minimum Gasteiger partial charge on any atom is -0.428 e. The summed E-state index contributed by atoms with van der Waals surface area (Å²) < 4.78 is 0. The molecule has 0 spiro atoms. The van der Waals surface area contributed by atoms with Crippen LogP contribution in [0, 0.1) is 0 Å². The van der Waals surface area contributed by atoms with Crippen molar-refractivity contribution in [3.63, 3.8) is 0 Å². The van der Waals surface area contributed by atoms with Crippen LogP contribution < -0.4 is 5.19 Å². The second-order valence-electron chi connectivity index (χ2n) is 2.85. The maximum absolute atomic E-state index is 9.00. The predicted octanol–water partition coefficient (Wildman–Crippen LogP) is 1.05. The lowest BCUT2D eigenvalue weighted by molar-refractivity contribution is 0.614. The van der Waals surface area contributed by atoms with Crippen LogP contribution in [0.4, 0.5) is 0 Å². The molecule has 1 N–H and O–H groups in total. The average Bonchev–Trinajstić information content (AvgIpc) is 2.04. The third kappa shape index (κ3) is 1.91. The van der Waals surface area contributed by atoms with Crippen molar-refractivity contribution >= 4 is 14.9 Å². The van der Waals surface area contributed by atoms with Gasteiger partial charge >= 0.3 is 0 Å². The Balaban J connectivity index is 3.02. The van der Waals surface area contributed by atoms with Crippen LogP contribution in [0.25, 0.3) is 0 Å². The second kappa shape index (κ2) is 3.69. The van der Waals surface area contributed by atoms with E-state index in [0.29, 0.717) is 5.92 Å². The molecule has 11 heavy (non-hydrogen) atoms. The molecule has 2 heteroatoms. The molecule has 0 saturated carbocycles. The van der Waals surface area contributed by atoms with E-state index in [2.05, 4.69) is 19.9 Å². The smallest absolute Gasteiger partial charge is 0.265 e. The minimum atomic E-state index is -0.0783. The first-order chi connectivity index (χ1) is 5.25. The summed E-state index contributed by atoms with van der Waals surface area (Å²) in [6.45, 7) is 4.28. The molecular weight excluding hydrogens is 152 g/mol. The molecule has 0 fully saturated rings. The maximum Gasteiger partial charge on any atom is 0.265 e. The van der Waals surface area contributed by atoms with Gasteiger partial charge in [0.15, 0.2) is 0 Å². The van der Waals surface area contributed by atoms with E-state index < -0.39 is 0 Å². The lowest BCUT2D eigenvalue weighted by Crippen LogP contribution is -2.19. The summed E-state index contributed by atoms with van der Waals surface area (Å²) in [7, 11) is -0.0783. The molecule has 1 nitrogen and oxygen atoms in total. The van der Waals surface area contributed by atoms with Gasteiger partial charge in [-0.1, -0.05) is 38.1 Å². The monoisotopic (exact) mass is 164 g/mol. The molecule has 0 atom stereocenters. The third-order valence-corrected chi connectivity index (χ3v) is 2.40. The fraction of sp³-hybridized carbons (Fsp3) is 0.333. The zero-order valence-electron chi connectivity index (χ0n) is 6.83. The van der Waals surface area contributed by atoms with E-state index in [1.165, 1.54) is 5.56 Å². The van der Waals surface area contributed by atoms with Gasteiger partial charge in [0.1, 0.15) is 0 Å². The normalized spacial score (nSPS) is 10.5. The van der Waals surface area contributed by atoms with Gasteiger partial charge in [0.2, 0.25) is 0 Å². The summed E-state index contributed by atoms with van der Waals surface area (Å²) in [5.41, 5.74) is 1.26. The highest BCUT2D eigenvalue weighted by atomic mass is 28.2. The van der Waals surface area contributed by atoms with E-state index in [-0.39, 0.29) is 9.76 Å². The molecule has 0 heterocycles. The fourth-order valence-corrected chi connectivity index (χ4v) is 1.77. The van der Waals surface area contributed by atoms with Crippen molar-refractivity contribution in [2.45, 2.75) is 19.8 Å². The molecule has 0 amide bonds. The minimum absolute atomic E-state index is 0.0783. The Morgan fingerprint density at radius 2 is 1.91 bits per heavy atom. The van der Waals surface area contributed by atoms with Crippen LogP contribution >= 0.6 is 0 Å². The van der Waals surface area contributed by atoms with E-state index in [0.717, 1.165) is 5.19 Å². The highest BCUT2D eigenvalue weighted by Crippen LogP contribution is 2.09. The first-order valence-corrected chi connectivity index (χ1v) is 4.69. The lowest BCUT2D eigenvalue weighted by atomic mass is 10.0. The summed E-state index contributed by atoms with van der Waals surface area (Å²) in [5.74, 6) is 0.505.